The van der Waals surface area contributed by atoms with Gasteiger partial charge in [-0.2, -0.15) is 0 Å². The Bertz CT molecular complexity index is 217. The van der Waals surface area contributed by atoms with Gasteiger partial charge in [-0.05, 0) is 5.92 Å². The summed E-state index contributed by atoms with van der Waals surface area (Å²) in [6.07, 6.45) is 2.65. The second-order valence-electron chi connectivity index (χ2n) is 4.91. The van der Waals surface area contributed by atoms with Crippen LogP contribution in [0.1, 0.15) is 26.2 Å². The summed E-state index contributed by atoms with van der Waals surface area (Å²) >= 11 is 0. The van der Waals surface area contributed by atoms with Crippen LogP contribution >= 0.6 is 0 Å². The Morgan fingerprint density at radius 1 is 0.800 bits per heavy atom. The summed E-state index contributed by atoms with van der Waals surface area (Å²) in [6.45, 7) is 5.00. The highest BCUT2D eigenvalue weighted by atomic mass is 16.8. The Morgan fingerprint density at radius 2 is 1.20 bits per heavy atom. The van der Waals surface area contributed by atoms with Gasteiger partial charge in [0.25, 0.3) is 0 Å². The lowest BCUT2D eigenvalue weighted by Crippen LogP contribution is -2.49. The minimum absolute atomic E-state index is 0.429. The number of hydrogen-bond acceptors (Lipinski definition) is 4. The SMILES string of the molecule is CC1CC2(CC3(C1)OCCO3)OCCO2. The van der Waals surface area contributed by atoms with Gasteiger partial charge in [0.2, 0.25) is 0 Å². The zero-order valence-corrected chi connectivity index (χ0v) is 9.16. The van der Waals surface area contributed by atoms with Gasteiger partial charge in [-0.3, -0.25) is 0 Å². The summed E-state index contributed by atoms with van der Waals surface area (Å²) in [5, 5.41) is 0. The van der Waals surface area contributed by atoms with Crippen molar-refractivity contribution in [1.29, 1.82) is 0 Å². The van der Waals surface area contributed by atoms with E-state index in [2.05, 4.69) is 6.92 Å². The number of rotatable bonds is 0. The van der Waals surface area contributed by atoms with E-state index in [1.807, 2.05) is 0 Å². The molecule has 1 saturated carbocycles. The van der Waals surface area contributed by atoms with Crippen molar-refractivity contribution >= 4 is 0 Å². The summed E-state index contributed by atoms with van der Waals surface area (Å²) in [5.41, 5.74) is 0. The Kier molecular flexibility index (Phi) is 2.28. The van der Waals surface area contributed by atoms with Gasteiger partial charge in [0.05, 0.1) is 32.8 Å². The summed E-state index contributed by atoms with van der Waals surface area (Å²) < 4.78 is 23.0. The molecule has 0 aromatic carbocycles. The average molecular weight is 214 g/mol. The van der Waals surface area contributed by atoms with Gasteiger partial charge < -0.3 is 18.9 Å². The molecule has 0 amide bonds. The normalized spacial score (nSPS) is 37.8. The lowest BCUT2D eigenvalue weighted by molar-refractivity contribution is -0.283. The third-order valence-electron chi connectivity index (χ3n) is 3.48. The van der Waals surface area contributed by atoms with E-state index in [1.165, 1.54) is 0 Å². The molecule has 2 aliphatic heterocycles. The van der Waals surface area contributed by atoms with Crippen molar-refractivity contribution in [1.82, 2.24) is 0 Å². The molecule has 0 aromatic heterocycles. The third kappa shape index (κ3) is 1.69. The van der Waals surface area contributed by atoms with Crippen molar-refractivity contribution < 1.29 is 18.9 Å². The minimum atomic E-state index is -0.429. The van der Waals surface area contributed by atoms with E-state index in [-0.39, 0.29) is 0 Å². The van der Waals surface area contributed by atoms with Crippen molar-refractivity contribution in [3.63, 3.8) is 0 Å². The first-order chi connectivity index (χ1) is 7.22. The minimum Gasteiger partial charge on any atom is -0.347 e. The molecule has 0 unspecified atom stereocenters. The maximum absolute atomic E-state index is 5.76. The van der Waals surface area contributed by atoms with Crippen LogP contribution in [0.3, 0.4) is 0 Å². The quantitative estimate of drug-likeness (QED) is 0.609. The fourth-order valence-corrected chi connectivity index (χ4v) is 3.12. The zero-order valence-electron chi connectivity index (χ0n) is 9.16. The fraction of sp³-hybridized carbons (Fsp3) is 1.00. The number of ether oxygens (including phenoxy) is 4. The molecule has 86 valence electrons. The van der Waals surface area contributed by atoms with Crippen LogP contribution in [0.15, 0.2) is 0 Å². The van der Waals surface area contributed by atoms with Gasteiger partial charge >= 0.3 is 0 Å². The molecule has 4 nitrogen and oxygen atoms in total. The Balaban J connectivity index is 1.81. The van der Waals surface area contributed by atoms with Crippen molar-refractivity contribution in [2.45, 2.75) is 37.8 Å². The lowest BCUT2D eigenvalue weighted by atomic mass is 9.81. The molecule has 0 radical (unpaired) electrons. The van der Waals surface area contributed by atoms with E-state index in [0.29, 0.717) is 32.3 Å². The first-order valence-electron chi connectivity index (χ1n) is 5.78. The highest BCUT2D eigenvalue weighted by molar-refractivity contribution is 4.93. The molecule has 0 atom stereocenters. The summed E-state index contributed by atoms with van der Waals surface area (Å²) in [6, 6.07) is 0. The molecule has 4 heteroatoms. The smallest absolute Gasteiger partial charge is 0.173 e. The monoisotopic (exact) mass is 214 g/mol. The average Bonchev–Trinajstić information content (AvgIpc) is 2.75. The second kappa shape index (κ2) is 3.42. The third-order valence-corrected chi connectivity index (χ3v) is 3.48. The molecule has 0 bridgehead atoms. The van der Waals surface area contributed by atoms with Crippen LogP contribution < -0.4 is 0 Å². The van der Waals surface area contributed by atoms with Crippen LogP contribution in [-0.2, 0) is 18.9 Å². The zero-order chi connectivity index (χ0) is 10.4. The van der Waals surface area contributed by atoms with E-state index < -0.39 is 11.6 Å². The molecule has 0 aromatic rings. The molecule has 3 rings (SSSR count). The van der Waals surface area contributed by atoms with E-state index >= 15 is 0 Å². The fourth-order valence-electron chi connectivity index (χ4n) is 3.12. The van der Waals surface area contributed by atoms with E-state index in [4.69, 9.17) is 18.9 Å². The van der Waals surface area contributed by atoms with Crippen LogP contribution in [0, 0.1) is 5.92 Å². The van der Waals surface area contributed by atoms with Crippen LogP contribution in [0.5, 0.6) is 0 Å². The summed E-state index contributed by atoms with van der Waals surface area (Å²) in [7, 11) is 0. The molecule has 2 spiro atoms. The Hall–Kier alpha value is -0.160. The van der Waals surface area contributed by atoms with Gasteiger partial charge in [-0.15, -0.1) is 0 Å². The Labute approximate surface area is 89.8 Å². The summed E-state index contributed by atoms with van der Waals surface area (Å²) in [5.74, 6) is -0.334. The second-order valence-corrected chi connectivity index (χ2v) is 4.91. The summed E-state index contributed by atoms with van der Waals surface area (Å²) in [4.78, 5) is 0. The highest BCUT2D eigenvalue weighted by Crippen LogP contribution is 2.47. The highest BCUT2D eigenvalue weighted by Gasteiger charge is 2.53. The van der Waals surface area contributed by atoms with Gasteiger partial charge in [0.15, 0.2) is 11.6 Å². The topological polar surface area (TPSA) is 36.9 Å². The van der Waals surface area contributed by atoms with Gasteiger partial charge in [0.1, 0.15) is 0 Å². The number of hydrogen-bond donors (Lipinski definition) is 0. The predicted molar refractivity (Wildman–Crippen MR) is 52.3 cm³/mol. The van der Waals surface area contributed by atoms with E-state index in [9.17, 15) is 0 Å². The van der Waals surface area contributed by atoms with Crippen molar-refractivity contribution in [2.24, 2.45) is 5.92 Å². The first-order valence-corrected chi connectivity index (χ1v) is 5.78. The van der Waals surface area contributed by atoms with Gasteiger partial charge in [-0.1, -0.05) is 6.92 Å². The van der Waals surface area contributed by atoms with Crippen LogP contribution in [-0.4, -0.2) is 38.0 Å². The first kappa shape index (κ1) is 10.0. The van der Waals surface area contributed by atoms with Crippen molar-refractivity contribution in [3.05, 3.63) is 0 Å². The maximum atomic E-state index is 5.76. The molecular formula is C11H18O4. The molecule has 2 heterocycles. The predicted octanol–water partition coefficient (Wildman–Crippen LogP) is 1.29. The van der Waals surface area contributed by atoms with Gasteiger partial charge in [0, 0.05) is 12.8 Å². The van der Waals surface area contributed by atoms with Gasteiger partial charge in [-0.25, -0.2) is 0 Å². The van der Waals surface area contributed by atoms with Crippen LogP contribution in [0.4, 0.5) is 0 Å². The molecule has 1 aliphatic carbocycles. The van der Waals surface area contributed by atoms with Crippen LogP contribution in [0.25, 0.3) is 0 Å². The standard InChI is InChI=1S/C11H18O4/c1-9-6-10(12-2-3-13-10)8-11(7-9)14-4-5-15-11/h9H,2-8H2,1H3. The van der Waals surface area contributed by atoms with Crippen LogP contribution in [0.2, 0.25) is 0 Å². The van der Waals surface area contributed by atoms with E-state index in [1.54, 1.807) is 0 Å². The molecule has 15 heavy (non-hydrogen) atoms. The molecule has 2 saturated heterocycles. The van der Waals surface area contributed by atoms with E-state index in [0.717, 1.165) is 19.3 Å². The molecule has 0 N–H and O–H groups in total. The van der Waals surface area contributed by atoms with Crippen molar-refractivity contribution in [3.8, 4) is 0 Å². The van der Waals surface area contributed by atoms with Crippen molar-refractivity contribution in [2.75, 3.05) is 26.4 Å². The molecule has 3 fully saturated rings. The lowest BCUT2D eigenvalue weighted by Gasteiger charge is -2.43. The largest absolute Gasteiger partial charge is 0.347 e. The molecule has 3 aliphatic rings. The molecular weight excluding hydrogens is 196 g/mol. The Morgan fingerprint density at radius 3 is 1.60 bits per heavy atom. The maximum Gasteiger partial charge on any atom is 0.173 e.